The van der Waals surface area contributed by atoms with Crippen molar-refractivity contribution in [1.29, 1.82) is 0 Å². The molecule has 0 N–H and O–H groups in total. The third kappa shape index (κ3) is 3.32. The van der Waals surface area contributed by atoms with Gasteiger partial charge in [-0.2, -0.15) is 11.8 Å². The highest BCUT2D eigenvalue weighted by Crippen LogP contribution is 2.22. The Morgan fingerprint density at radius 1 is 1.14 bits per heavy atom. The first-order valence-corrected chi connectivity index (χ1v) is 8.41. The molecular weight excluding hydrogens is 282 g/mol. The predicted molar refractivity (Wildman–Crippen MR) is 87.9 cm³/mol. The minimum atomic E-state index is -0.436. The number of fused-ring (bicyclic) bond motifs is 1. The van der Waals surface area contributed by atoms with Gasteiger partial charge in [0.1, 0.15) is 5.75 Å². The van der Waals surface area contributed by atoms with Gasteiger partial charge in [0, 0.05) is 24.6 Å². The molecule has 0 spiro atoms. The van der Waals surface area contributed by atoms with Gasteiger partial charge in [-0.3, -0.25) is 4.79 Å². The molecule has 110 valence electrons. The van der Waals surface area contributed by atoms with Gasteiger partial charge in [0.2, 0.25) is 0 Å². The largest absolute Gasteiger partial charge is 0.481 e. The van der Waals surface area contributed by atoms with Crippen molar-refractivity contribution in [2.75, 3.05) is 24.6 Å². The van der Waals surface area contributed by atoms with Crippen LogP contribution in [0.3, 0.4) is 0 Å². The fourth-order valence-electron chi connectivity index (χ4n) is 2.54. The molecule has 0 saturated carbocycles. The molecular formula is C17H19NO2S. The fourth-order valence-corrected chi connectivity index (χ4v) is 3.44. The maximum Gasteiger partial charge on any atom is 0.263 e. The molecule has 4 heteroatoms. The fraction of sp³-hybridized carbons (Fsp3) is 0.353. The summed E-state index contributed by atoms with van der Waals surface area (Å²) in [5.74, 6) is 2.88. The van der Waals surface area contributed by atoms with Gasteiger partial charge in [0.15, 0.2) is 6.10 Å². The van der Waals surface area contributed by atoms with Crippen LogP contribution >= 0.6 is 11.8 Å². The summed E-state index contributed by atoms with van der Waals surface area (Å²) in [7, 11) is 0. The molecule has 1 saturated heterocycles. The first-order valence-electron chi connectivity index (χ1n) is 7.26. The van der Waals surface area contributed by atoms with Crippen LogP contribution in [0.15, 0.2) is 42.5 Å². The highest BCUT2D eigenvalue weighted by molar-refractivity contribution is 7.99. The summed E-state index contributed by atoms with van der Waals surface area (Å²) >= 11 is 1.90. The second-order valence-corrected chi connectivity index (χ2v) is 6.43. The van der Waals surface area contributed by atoms with Crippen molar-refractivity contribution in [2.24, 2.45) is 0 Å². The third-order valence-electron chi connectivity index (χ3n) is 3.70. The monoisotopic (exact) mass is 301 g/mol. The van der Waals surface area contributed by atoms with E-state index in [2.05, 4.69) is 12.1 Å². The summed E-state index contributed by atoms with van der Waals surface area (Å²) in [4.78, 5) is 14.3. The number of benzene rings is 2. The highest BCUT2D eigenvalue weighted by atomic mass is 32.2. The van der Waals surface area contributed by atoms with Crippen molar-refractivity contribution in [3.63, 3.8) is 0 Å². The molecule has 1 aliphatic rings. The first kappa shape index (κ1) is 14.3. The van der Waals surface area contributed by atoms with E-state index in [1.165, 1.54) is 5.39 Å². The Kier molecular flexibility index (Phi) is 4.34. The van der Waals surface area contributed by atoms with Gasteiger partial charge >= 0.3 is 0 Å². The van der Waals surface area contributed by atoms with E-state index in [0.29, 0.717) is 0 Å². The minimum Gasteiger partial charge on any atom is -0.481 e. The molecule has 1 heterocycles. The molecule has 1 aliphatic heterocycles. The molecule has 1 amide bonds. The Bertz CT molecular complexity index is 637. The van der Waals surface area contributed by atoms with Crippen molar-refractivity contribution in [3.8, 4) is 5.75 Å². The van der Waals surface area contributed by atoms with E-state index in [1.54, 1.807) is 0 Å². The Balaban J connectivity index is 1.70. The van der Waals surface area contributed by atoms with Crippen LogP contribution in [0.2, 0.25) is 0 Å². The Morgan fingerprint density at radius 2 is 1.86 bits per heavy atom. The molecule has 3 nitrogen and oxygen atoms in total. The van der Waals surface area contributed by atoms with Crippen LogP contribution in [-0.2, 0) is 4.79 Å². The van der Waals surface area contributed by atoms with Crippen LogP contribution in [0.4, 0.5) is 0 Å². The molecule has 1 fully saturated rings. The number of rotatable bonds is 3. The average molecular weight is 301 g/mol. The summed E-state index contributed by atoms with van der Waals surface area (Å²) in [6.07, 6.45) is -0.436. The van der Waals surface area contributed by atoms with Crippen molar-refractivity contribution in [1.82, 2.24) is 4.90 Å². The Labute approximate surface area is 129 Å². The zero-order valence-corrected chi connectivity index (χ0v) is 12.9. The highest BCUT2D eigenvalue weighted by Gasteiger charge is 2.23. The van der Waals surface area contributed by atoms with E-state index in [4.69, 9.17) is 4.74 Å². The van der Waals surface area contributed by atoms with Gasteiger partial charge in [-0.15, -0.1) is 0 Å². The van der Waals surface area contributed by atoms with Crippen molar-refractivity contribution in [3.05, 3.63) is 42.5 Å². The molecule has 2 aromatic rings. The number of nitrogens with zero attached hydrogens (tertiary/aromatic N) is 1. The van der Waals surface area contributed by atoms with Crippen LogP contribution in [0.5, 0.6) is 5.75 Å². The van der Waals surface area contributed by atoms with Gasteiger partial charge in [-0.25, -0.2) is 0 Å². The van der Waals surface area contributed by atoms with Crippen molar-refractivity contribution < 1.29 is 9.53 Å². The van der Waals surface area contributed by atoms with Gasteiger partial charge in [-0.1, -0.05) is 30.3 Å². The third-order valence-corrected chi connectivity index (χ3v) is 4.65. The van der Waals surface area contributed by atoms with Crippen LogP contribution < -0.4 is 4.74 Å². The zero-order valence-electron chi connectivity index (χ0n) is 12.1. The molecule has 3 rings (SSSR count). The smallest absolute Gasteiger partial charge is 0.263 e. The number of thioether (sulfide) groups is 1. The lowest BCUT2D eigenvalue weighted by Crippen LogP contribution is -2.44. The summed E-state index contributed by atoms with van der Waals surface area (Å²) in [5, 5.41) is 2.31. The van der Waals surface area contributed by atoms with Gasteiger partial charge < -0.3 is 9.64 Å². The first-order chi connectivity index (χ1) is 10.2. The molecule has 2 aromatic carbocycles. The van der Waals surface area contributed by atoms with E-state index in [-0.39, 0.29) is 5.91 Å². The maximum absolute atomic E-state index is 12.4. The topological polar surface area (TPSA) is 29.5 Å². The van der Waals surface area contributed by atoms with Crippen LogP contribution in [0, 0.1) is 0 Å². The number of carbonyl (C=O) groups is 1. The summed E-state index contributed by atoms with van der Waals surface area (Å²) < 4.78 is 5.84. The average Bonchev–Trinajstić information content (AvgIpc) is 2.55. The molecule has 21 heavy (non-hydrogen) atoms. The van der Waals surface area contributed by atoms with Gasteiger partial charge in [0.05, 0.1) is 0 Å². The zero-order chi connectivity index (χ0) is 14.7. The molecule has 0 radical (unpaired) electrons. The Morgan fingerprint density at radius 3 is 2.62 bits per heavy atom. The van der Waals surface area contributed by atoms with E-state index < -0.39 is 6.10 Å². The SMILES string of the molecule is C[C@@H](Oc1ccc2ccccc2c1)C(=O)N1CCSCC1. The second kappa shape index (κ2) is 6.39. The van der Waals surface area contributed by atoms with E-state index >= 15 is 0 Å². The lowest BCUT2D eigenvalue weighted by atomic mass is 10.1. The molecule has 0 aliphatic carbocycles. The number of ether oxygens (including phenoxy) is 1. The minimum absolute atomic E-state index is 0.0865. The normalized spacial score (nSPS) is 16.7. The standard InChI is InChI=1S/C17H19NO2S/c1-13(17(19)18-8-10-21-11-9-18)20-16-7-6-14-4-2-3-5-15(14)12-16/h2-7,12-13H,8-11H2,1H3/t13-/m1/s1. The summed E-state index contributed by atoms with van der Waals surface area (Å²) in [6, 6.07) is 14.1. The van der Waals surface area contributed by atoms with Crippen LogP contribution in [0.1, 0.15) is 6.92 Å². The van der Waals surface area contributed by atoms with E-state index in [0.717, 1.165) is 35.7 Å². The molecule has 0 bridgehead atoms. The number of hydrogen-bond donors (Lipinski definition) is 0. The maximum atomic E-state index is 12.4. The molecule has 0 aromatic heterocycles. The lowest BCUT2D eigenvalue weighted by molar-refractivity contribution is -0.137. The number of hydrogen-bond acceptors (Lipinski definition) is 3. The van der Waals surface area contributed by atoms with Crippen LogP contribution in [-0.4, -0.2) is 41.5 Å². The van der Waals surface area contributed by atoms with Crippen molar-refractivity contribution in [2.45, 2.75) is 13.0 Å². The predicted octanol–water partition coefficient (Wildman–Crippen LogP) is 3.18. The Hall–Kier alpha value is -1.68. The summed E-state index contributed by atoms with van der Waals surface area (Å²) in [6.45, 7) is 3.49. The molecule has 0 unspecified atom stereocenters. The van der Waals surface area contributed by atoms with Gasteiger partial charge in [-0.05, 0) is 29.8 Å². The van der Waals surface area contributed by atoms with E-state index in [9.17, 15) is 4.79 Å². The van der Waals surface area contributed by atoms with Crippen molar-refractivity contribution >= 4 is 28.4 Å². The molecule has 1 atom stereocenters. The van der Waals surface area contributed by atoms with E-state index in [1.807, 2.05) is 53.9 Å². The second-order valence-electron chi connectivity index (χ2n) is 5.21. The quantitative estimate of drug-likeness (QED) is 0.872. The van der Waals surface area contributed by atoms with Crippen LogP contribution in [0.25, 0.3) is 10.8 Å². The van der Waals surface area contributed by atoms with Gasteiger partial charge in [0.25, 0.3) is 5.91 Å². The summed E-state index contributed by atoms with van der Waals surface area (Å²) in [5.41, 5.74) is 0. The number of amides is 1. The number of carbonyl (C=O) groups excluding carboxylic acids is 1. The lowest BCUT2D eigenvalue weighted by Gasteiger charge is -2.29.